The van der Waals surface area contributed by atoms with E-state index in [0.717, 1.165) is 57.9 Å². The Hall–Kier alpha value is -0.160. The summed E-state index contributed by atoms with van der Waals surface area (Å²) < 4.78 is 0. The van der Waals surface area contributed by atoms with Crippen LogP contribution in [0, 0.1) is 0 Å². The molecule has 2 unspecified atom stereocenters. The van der Waals surface area contributed by atoms with Crippen molar-refractivity contribution in [2.24, 2.45) is 0 Å². The van der Waals surface area contributed by atoms with Crippen molar-refractivity contribution in [1.29, 1.82) is 0 Å². The molecule has 0 bridgehead atoms. The minimum Gasteiger partial charge on any atom is -0.396 e. The van der Waals surface area contributed by atoms with Crippen molar-refractivity contribution in [1.82, 2.24) is 4.90 Å². The summed E-state index contributed by atoms with van der Waals surface area (Å²) in [5.41, 5.74) is 0. The summed E-state index contributed by atoms with van der Waals surface area (Å²) in [4.78, 5) is 2.26. The number of rotatable bonds is 20. The van der Waals surface area contributed by atoms with Crippen LogP contribution in [-0.2, 0) is 0 Å². The molecule has 0 radical (unpaired) electrons. The molecule has 0 aromatic rings. The Balaban J connectivity index is 4.17. The van der Waals surface area contributed by atoms with Gasteiger partial charge >= 0.3 is 0 Å². The number of aliphatic hydroxyl groups excluding tert-OH is 3. The van der Waals surface area contributed by atoms with Crippen LogP contribution in [0.5, 0.6) is 0 Å². The lowest BCUT2D eigenvalue weighted by Gasteiger charge is -2.27. The highest BCUT2D eigenvalue weighted by atomic mass is 16.3. The van der Waals surface area contributed by atoms with E-state index in [1.807, 2.05) is 0 Å². The Morgan fingerprint density at radius 3 is 1.54 bits per heavy atom. The van der Waals surface area contributed by atoms with Gasteiger partial charge in [-0.15, -0.1) is 0 Å². The highest BCUT2D eigenvalue weighted by Gasteiger charge is 2.15. The zero-order chi connectivity index (χ0) is 19.5. The second kappa shape index (κ2) is 19.6. The molecule has 0 aromatic carbocycles. The van der Waals surface area contributed by atoms with E-state index in [1.54, 1.807) is 0 Å². The fourth-order valence-corrected chi connectivity index (χ4v) is 3.45. The molecule has 0 aliphatic rings. The fraction of sp³-hybridized carbons (Fsp3) is 1.00. The van der Waals surface area contributed by atoms with E-state index >= 15 is 0 Å². The average molecular weight is 374 g/mol. The zero-order valence-corrected chi connectivity index (χ0v) is 17.7. The predicted molar refractivity (Wildman–Crippen MR) is 112 cm³/mol. The number of nitrogens with zero attached hydrogens (tertiary/aromatic N) is 1. The van der Waals surface area contributed by atoms with Crippen molar-refractivity contribution in [3.05, 3.63) is 0 Å². The van der Waals surface area contributed by atoms with Gasteiger partial charge < -0.3 is 15.3 Å². The Morgan fingerprint density at radius 2 is 1.08 bits per heavy atom. The topological polar surface area (TPSA) is 63.9 Å². The summed E-state index contributed by atoms with van der Waals surface area (Å²) in [7, 11) is 0. The Kier molecular flexibility index (Phi) is 19.5. The molecule has 0 heterocycles. The first-order valence-electron chi connectivity index (χ1n) is 11.3. The largest absolute Gasteiger partial charge is 0.396 e. The summed E-state index contributed by atoms with van der Waals surface area (Å²) >= 11 is 0. The van der Waals surface area contributed by atoms with Crippen LogP contribution in [0.4, 0.5) is 0 Å². The third-order valence-corrected chi connectivity index (χ3v) is 5.10. The Morgan fingerprint density at radius 1 is 0.615 bits per heavy atom. The molecule has 0 saturated heterocycles. The SMILES string of the molecule is CCCCCCC(O)CN(CCCCCCO)CC(O)CCCCCC. The first-order valence-corrected chi connectivity index (χ1v) is 11.3. The van der Waals surface area contributed by atoms with Crippen LogP contribution in [0.25, 0.3) is 0 Å². The fourth-order valence-electron chi connectivity index (χ4n) is 3.45. The van der Waals surface area contributed by atoms with E-state index in [9.17, 15) is 10.2 Å². The van der Waals surface area contributed by atoms with E-state index < -0.39 is 0 Å². The van der Waals surface area contributed by atoms with Crippen LogP contribution < -0.4 is 0 Å². The van der Waals surface area contributed by atoms with Gasteiger partial charge in [0.2, 0.25) is 0 Å². The van der Waals surface area contributed by atoms with Crippen molar-refractivity contribution in [2.45, 2.75) is 116 Å². The number of hydrogen-bond acceptors (Lipinski definition) is 4. The van der Waals surface area contributed by atoms with Gasteiger partial charge in [0.1, 0.15) is 0 Å². The van der Waals surface area contributed by atoms with Gasteiger partial charge in [-0.1, -0.05) is 78.1 Å². The lowest BCUT2D eigenvalue weighted by molar-refractivity contribution is 0.0596. The number of unbranched alkanes of at least 4 members (excludes halogenated alkanes) is 9. The molecule has 0 fully saturated rings. The lowest BCUT2D eigenvalue weighted by Crippen LogP contribution is -2.38. The van der Waals surface area contributed by atoms with Crippen molar-refractivity contribution >= 4 is 0 Å². The molecule has 0 saturated carbocycles. The molecule has 3 N–H and O–H groups in total. The highest BCUT2D eigenvalue weighted by Crippen LogP contribution is 2.11. The maximum atomic E-state index is 10.4. The molecule has 4 heteroatoms. The van der Waals surface area contributed by atoms with Gasteiger partial charge in [-0.25, -0.2) is 0 Å². The van der Waals surface area contributed by atoms with Gasteiger partial charge in [0.15, 0.2) is 0 Å². The quantitative estimate of drug-likeness (QED) is 0.275. The summed E-state index contributed by atoms with van der Waals surface area (Å²) in [5.74, 6) is 0. The van der Waals surface area contributed by atoms with Crippen LogP contribution in [-0.4, -0.2) is 58.7 Å². The van der Waals surface area contributed by atoms with Gasteiger partial charge in [0.05, 0.1) is 12.2 Å². The second-order valence-corrected chi connectivity index (χ2v) is 7.90. The molecular weight excluding hydrogens is 326 g/mol. The first-order chi connectivity index (χ1) is 12.6. The minimum atomic E-state index is -0.281. The molecule has 0 amide bonds. The Labute approximate surface area is 163 Å². The van der Waals surface area contributed by atoms with E-state index in [4.69, 9.17) is 5.11 Å². The molecule has 0 spiro atoms. The lowest BCUT2D eigenvalue weighted by atomic mass is 10.1. The van der Waals surface area contributed by atoms with Crippen molar-refractivity contribution in [3.63, 3.8) is 0 Å². The van der Waals surface area contributed by atoms with E-state index in [1.165, 1.54) is 38.5 Å². The normalized spacial score (nSPS) is 14.1. The zero-order valence-electron chi connectivity index (χ0n) is 17.7. The standard InChI is InChI=1S/C22H47NO3/c1-3-5-7-11-15-21(25)19-23(17-13-9-10-14-18-24)20-22(26)16-12-8-6-4-2/h21-22,24-26H,3-20H2,1-2H3. The average Bonchev–Trinajstić information content (AvgIpc) is 2.62. The third kappa shape index (κ3) is 17.3. The summed E-state index contributed by atoms with van der Waals surface area (Å²) in [5, 5.41) is 29.6. The molecule has 0 rings (SSSR count). The minimum absolute atomic E-state index is 0.274. The number of hydrogen-bond donors (Lipinski definition) is 3. The summed E-state index contributed by atoms with van der Waals surface area (Å²) in [6, 6.07) is 0. The molecule has 0 aliphatic carbocycles. The van der Waals surface area contributed by atoms with Gasteiger partial charge in [0, 0.05) is 19.7 Å². The van der Waals surface area contributed by atoms with Crippen LogP contribution in [0.3, 0.4) is 0 Å². The molecule has 158 valence electrons. The second-order valence-electron chi connectivity index (χ2n) is 7.90. The summed E-state index contributed by atoms with van der Waals surface area (Å²) in [6.07, 6.45) is 14.8. The van der Waals surface area contributed by atoms with Crippen LogP contribution in [0.15, 0.2) is 0 Å². The maximum absolute atomic E-state index is 10.4. The molecule has 2 atom stereocenters. The van der Waals surface area contributed by atoms with Gasteiger partial charge in [0.25, 0.3) is 0 Å². The first kappa shape index (κ1) is 25.8. The molecule has 26 heavy (non-hydrogen) atoms. The van der Waals surface area contributed by atoms with Crippen molar-refractivity contribution < 1.29 is 15.3 Å². The molecule has 4 nitrogen and oxygen atoms in total. The van der Waals surface area contributed by atoms with Crippen LogP contribution in [0.2, 0.25) is 0 Å². The van der Waals surface area contributed by atoms with E-state index in [0.29, 0.717) is 13.1 Å². The van der Waals surface area contributed by atoms with E-state index in [-0.39, 0.29) is 18.8 Å². The van der Waals surface area contributed by atoms with Crippen molar-refractivity contribution in [3.8, 4) is 0 Å². The molecule has 0 aromatic heterocycles. The molecular formula is C22H47NO3. The van der Waals surface area contributed by atoms with Gasteiger partial charge in [-0.3, -0.25) is 4.90 Å². The molecule has 0 aliphatic heterocycles. The maximum Gasteiger partial charge on any atom is 0.0667 e. The third-order valence-electron chi connectivity index (χ3n) is 5.10. The summed E-state index contributed by atoms with van der Waals surface area (Å²) in [6.45, 7) is 6.98. The van der Waals surface area contributed by atoms with Gasteiger partial charge in [-0.05, 0) is 32.2 Å². The predicted octanol–water partition coefficient (Wildman–Crippen LogP) is 4.50. The van der Waals surface area contributed by atoms with Crippen molar-refractivity contribution in [2.75, 3.05) is 26.2 Å². The Bertz CT molecular complexity index is 256. The number of aliphatic hydroxyl groups is 3. The van der Waals surface area contributed by atoms with Crippen LogP contribution in [0.1, 0.15) is 104 Å². The van der Waals surface area contributed by atoms with Gasteiger partial charge in [-0.2, -0.15) is 0 Å². The monoisotopic (exact) mass is 373 g/mol. The highest BCUT2D eigenvalue weighted by molar-refractivity contribution is 4.70. The van der Waals surface area contributed by atoms with E-state index in [2.05, 4.69) is 18.7 Å². The smallest absolute Gasteiger partial charge is 0.0667 e. The van der Waals surface area contributed by atoms with Crippen LogP contribution >= 0.6 is 0 Å².